The highest BCUT2D eigenvalue weighted by Crippen LogP contribution is 2.47. The Hall–Kier alpha value is -3.03. The van der Waals surface area contributed by atoms with E-state index in [0.717, 1.165) is 10.0 Å². The molecule has 0 fully saturated rings. The first-order valence-electron chi connectivity index (χ1n) is 9.89. The first kappa shape index (κ1) is 20.8. The van der Waals surface area contributed by atoms with Crippen LogP contribution >= 0.6 is 31.9 Å². The molecule has 1 aliphatic heterocycles. The normalized spacial score (nSPS) is 19.8. The number of benzene rings is 3. The molecule has 3 aromatic carbocycles. The summed E-state index contributed by atoms with van der Waals surface area (Å²) in [6.07, 6.45) is 1.84. The Bertz CT molecular complexity index is 1350. The van der Waals surface area contributed by atoms with Crippen molar-refractivity contribution in [2.24, 2.45) is 10.2 Å². The number of Topliss-reactive ketones (excluding diaryl/α,β-unsaturated/α-hetero) is 1. The molecule has 0 saturated carbocycles. The predicted octanol–water partition coefficient (Wildman–Crippen LogP) is 7.26. The lowest BCUT2D eigenvalue weighted by atomic mass is 9.85. The molecule has 1 aliphatic carbocycles. The van der Waals surface area contributed by atoms with Gasteiger partial charge in [0.25, 0.3) is 0 Å². The summed E-state index contributed by atoms with van der Waals surface area (Å²) in [6, 6.07) is 19.7. The van der Waals surface area contributed by atoms with Crippen LogP contribution in [0.4, 0.5) is 0 Å². The van der Waals surface area contributed by atoms with Crippen LogP contribution in [0.25, 0.3) is 5.76 Å². The van der Waals surface area contributed by atoms with E-state index in [1.165, 1.54) is 0 Å². The molecule has 5 rings (SSSR count). The van der Waals surface area contributed by atoms with Crippen molar-refractivity contribution >= 4 is 43.4 Å². The number of nitrogens with zero attached hydrogens (tertiary/aromatic N) is 2. The monoisotopic (exact) mass is 550 g/mol. The first-order valence-corrected chi connectivity index (χ1v) is 11.5. The number of fused-ring (bicyclic) bond motifs is 1. The second-order valence-corrected chi connectivity index (χ2v) is 9.34. The molecule has 0 saturated heterocycles. The summed E-state index contributed by atoms with van der Waals surface area (Å²) in [5, 5.41) is 30.4. The number of azo groups is 1. The second-order valence-electron chi connectivity index (χ2n) is 7.57. The van der Waals surface area contributed by atoms with Crippen LogP contribution in [0.5, 0.6) is 5.75 Å². The van der Waals surface area contributed by atoms with Crippen LogP contribution in [-0.4, -0.2) is 16.0 Å². The fourth-order valence-corrected chi connectivity index (χ4v) is 5.41. The maximum absolute atomic E-state index is 13.0. The van der Waals surface area contributed by atoms with Gasteiger partial charge in [-0.25, -0.2) is 0 Å². The zero-order valence-electron chi connectivity index (χ0n) is 16.5. The molecular weight excluding hydrogens is 536 g/mol. The first-order chi connectivity index (χ1) is 15.5. The number of aliphatic hydroxyl groups excluding tert-OH is 1. The van der Waals surface area contributed by atoms with Gasteiger partial charge in [-0.3, -0.25) is 4.79 Å². The van der Waals surface area contributed by atoms with Gasteiger partial charge in [-0.2, -0.15) is 10.2 Å². The molecule has 2 atom stereocenters. The average Bonchev–Trinajstić information content (AvgIpc) is 3.07. The van der Waals surface area contributed by atoms with Gasteiger partial charge in [-0.05, 0) is 39.7 Å². The summed E-state index contributed by atoms with van der Waals surface area (Å²) in [6.45, 7) is 0. The number of carbonyl (C=O) groups excluding carboxylic acids is 1. The van der Waals surface area contributed by atoms with E-state index in [1.807, 2.05) is 42.5 Å². The maximum Gasteiger partial charge on any atom is 0.199 e. The van der Waals surface area contributed by atoms with Crippen LogP contribution in [0.2, 0.25) is 0 Å². The zero-order chi connectivity index (χ0) is 22.4. The maximum atomic E-state index is 13.0. The van der Waals surface area contributed by atoms with Crippen LogP contribution in [-0.2, 0) is 0 Å². The molecule has 1 heterocycles. The van der Waals surface area contributed by atoms with Crippen molar-refractivity contribution in [2.45, 2.75) is 12.0 Å². The van der Waals surface area contributed by atoms with E-state index >= 15 is 0 Å². The van der Waals surface area contributed by atoms with Gasteiger partial charge < -0.3 is 10.2 Å². The number of aliphatic hydroxyl groups is 1. The van der Waals surface area contributed by atoms with Crippen molar-refractivity contribution in [1.29, 1.82) is 0 Å². The number of halogens is 2. The number of carbonyl (C=O) groups is 1. The molecule has 158 valence electrons. The summed E-state index contributed by atoms with van der Waals surface area (Å²) in [5.74, 6) is -0.593. The molecule has 0 aromatic heterocycles. The van der Waals surface area contributed by atoms with Crippen molar-refractivity contribution in [1.82, 2.24) is 0 Å². The lowest BCUT2D eigenvalue weighted by Gasteiger charge is -2.26. The van der Waals surface area contributed by atoms with Gasteiger partial charge in [0.05, 0.1) is 15.7 Å². The Labute approximate surface area is 201 Å². The van der Waals surface area contributed by atoms with Crippen LogP contribution < -0.4 is 0 Å². The van der Waals surface area contributed by atoms with E-state index < -0.39 is 6.04 Å². The number of phenolic OH excluding ortho intramolecular Hbond substituents is 1. The minimum atomic E-state index is -0.517. The van der Waals surface area contributed by atoms with E-state index in [4.69, 9.17) is 0 Å². The SMILES string of the molecule is O=C1C(C2=CC(c3ccccc3)C(c3cc(Br)cc(Br)c3O)N=N2)=C(O)c2ccccc21. The van der Waals surface area contributed by atoms with E-state index in [1.54, 1.807) is 30.3 Å². The molecule has 2 N–H and O–H groups in total. The molecule has 5 nitrogen and oxygen atoms in total. The van der Waals surface area contributed by atoms with E-state index in [2.05, 4.69) is 42.1 Å². The average molecular weight is 552 g/mol. The van der Waals surface area contributed by atoms with Gasteiger partial charge in [0.15, 0.2) is 5.78 Å². The molecule has 7 heteroatoms. The van der Waals surface area contributed by atoms with E-state index in [9.17, 15) is 15.0 Å². The summed E-state index contributed by atoms with van der Waals surface area (Å²) in [7, 11) is 0. The number of allylic oxidation sites excluding steroid dienone is 1. The van der Waals surface area contributed by atoms with Crippen LogP contribution in [0.1, 0.15) is 39.0 Å². The van der Waals surface area contributed by atoms with Crippen molar-refractivity contribution in [3.05, 3.63) is 115 Å². The molecule has 0 amide bonds. The highest BCUT2D eigenvalue weighted by atomic mass is 79.9. The number of rotatable bonds is 3. The van der Waals surface area contributed by atoms with E-state index in [-0.39, 0.29) is 28.8 Å². The molecule has 2 unspecified atom stereocenters. The summed E-state index contributed by atoms with van der Waals surface area (Å²) >= 11 is 6.86. The van der Waals surface area contributed by atoms with Gasteiger partial charge in [-0.1, -0.05) is 70.5 Å². The van der Waals surface area contributed by atoms with Crippen LogP contribution in [0, 0.1) is 0 Å². The molecule has 32 heavy (non-hydrogen) atoms. The smallest absolute Gasteiger partial charge is 0.199 e. The third-order valence-electron chi connectivity index (χ3n) is 5.68. The third-order valence-corrected chi connectivity index (χ3v) is 6.74. The van der Waals surface area contributed by atoms with Crippen LogP contribution in [0.15, 0.2) is 103 Å². The Morgan fingerprint density at radius 1 is 0.875 bits per heavy atom. The third kappa shape index (κ3) is 3.42. The number of aromatic hydroxyl groups is 1. The van der Waals surface area contributed by atoms with Crippen LogP contribution in [0.3, 0.4) is 0 Å². The lowest BCUT2D eigenvalue weighted by molar-refractivity contribution is 0.103. The number of ketones is 1. The predicted molar refractivity (Wildman–Crippen MR) is 129 cm³/mol. The quantitative estimate of drug-likeness (QED) is 0.359. The number of phenols is 1. The number of hydrogen-bond acceptors (Lipinski definition) is 5. The highest BCUT2D eigenvalue weighted by Gasteiger charge is 2.36. The Morgan fingerprint density at radius 3 is 2.28 bits per heavy atom. The van der Waals surface area contributed by atoms with Gasteiger partial charge in [0.1, 0.15) is 17.6 Å². The minimum absolute atomic E-state index is 0.0846. The largest absolute Gasteiger partial charge is 0.506 e. The van der Waals surface area contributed by atoms with Gasteiger partial charge in [0.2, 0.25) is 0 Å². The fraction of sp³-hybridized carbons (Fsp3) is 0.0800. The summed E-state index contributed by atoms with van der Waals surface area (Å²) in [5.41, 5.74) is 2.96. The van der Waals surface area contributed by atoms with Gasteiger partial charge >= 0.3 is 0 Å². The van der Waals surface area contributed by atoms with Gasteiger partial charge in [-0.15, -0.1) is 0 Å². The molecule has 0 bridgehead atoms. The molecule has 0 radical (unpaired) electrons. The Morgan fingerprint density at radius 2 is 1.56 bits per heavy atom. The van der Waals surface area contributed by atoms with Crippen molar-refractivity contribution < 1.29 is 15.0 Å². The molecule has 3 aromatic rings. The van der Waals surface area contributed by atoms with Crippen molar-refractivity contribution in [3.8, 4) is 5.75 Å². The fourth-order valence-electron chi connectivity index (χ4n) is 4.15. The van der Waals surface area contributed by atoms with Crippen molar-refractivity contribution in [2.75, 3.05) is 0 Å². The number of hydrogen-bond donors (Lipinski definition) is 2. The highest BCUT2D eigenvalue weighted by molar-refractivity contribution is 9.11. The topological polar surface area (TPSA) is 82.2 Å². The summed E-state index contributed by atoms with van der Waals surface area (Å²) < 4.78 is 1.33. The standard InChI is InChI=1S/C25H16Br2N2O3/c26-14-10-18(23(30)19(27)11-14)22-17(13-6-2-1-3-7-13)12-20(28-29-22)21-24(31)15-8-4-5-9-16(15)25(21)32/h1-12,17,22,30-31H. The second kappa shape index (κ2) is 8.15. The molecule has 0 spiro atoms. The summed E-state index contributed by atoms with van der Waals surface area (Å²) in [4.78, 5) is 13.0. The lowest BCUT2D eigenvalue weighted by Crippen LogP contribution is -2.13. The molecular formula is C25H16Br2N2O3. The van der Waals surface area contributed by atoms with E-state index in [0.29, 0.717) is 26.9 Å². The minimum Gasteiger partial charge on any atom is -0.506 e. The Balaban J connectivity index is 1.64. The zero-order valence-corrected chi connectivity index (χ0v) is 19.7. The van der Waals surface area contributed by atoms with Gasteiger partial charge in [0, 0.05) is 27.1 Å². The molecule has 2 aliphatic rings. The Kier molecular flexibility index (Phi) is 5.31. The van der Waals surface area contributed by atoms with Crippen molar-refractivity contribution in [3.63, 3.8) is 0 Å².